The lowest BCUT2D eigenvalue weighted by Crippen LogP contribution is -2.39. The van der Waals surface area contributed by atoms with Crippen molar-refractivity contribution in [1.82, 2.24) is 19.4 Å². The third-order valence-electron chi connectivity index (χ3n) is 4.27. The standard InChI is InChI=1S/C16H16N4O2S/c1-10-5-6-13-11(8-10)14(19-23-13)16(21)20-7-3-2-4-12(20)15-17-9-22-18-15/h5-6,8-9,12H,2-4,7H2,1H3. The summed E-state index contributed by atoms with van der Waals surface area (Å²) in [5.74, 6) is 0.533. The second-order valence-corrected chi connectivity index (χ2v) is 6.64. The van der Waals surface area contributed by atoms with E-state index in [1.54, 1.807) is 0 Å². The second kappa shape index (κ2) is 5.73. The van der Waals surface area contributed by atoms with Gasteiger partial charge in [-0.2, -0.15) is 9.36 Å². The molecule has 2 aromatic heterocycles. The zero-order valence-electron chi connectivity index (χ0n) is 12.7. The summed E-state index contributed by atoms with van der Waals surface area (Å²) in [6.45, 7) is 2.72. The van der Waals surface area contributed by atoms with Crippen LogP contribution in [0.2, 0.25) is 0 Å². The van der Waals surface area contributed by atoms with E-state index in [-0.39, 0.29) is 11.9 Å². The first-order valence-corrected chi connectivity index (χ1v) is 8.44. The van der Waals surface area contributed by atoms with Crippen molar-refractivity contribution in [2.45, 2.75) is 32.2 Å². The van der Waals surface area contributed by atoms with Gasteiger partial charge in [0.05, 0.1) is 10.7 Å². The number of carbonyl (C=O) groups excluding carboxylic acids is 1. The van der Waals surface area contributed by atoms with Crippen LogP contribution in [-0.2, 0) is 0 Å². The van der Waals surface area contributed by atoms with Gasteiger partial charge in [-0.05, 0) is 49.9 Å². The van der Waals surface area contributed by atoms with Crippen molar-refractivity contribution in [3.63, 3.8) is 0 Å². The summed E-state index contributed by atoms with van der Waals surface area (Å²) >= 11 is 1.37. The van der Waals surface area contributed by atoms with Gasteiger partial charge in [-0.15, -0.1) is 0 Å². The first-order chi connectivity index (χ1) is 11.2. The number of hydrogen-bond donors (Lipinski definition) is 0. The third-order valence-corrected chi connectivity index (χ3v) is 5.09. The summed E-state index contributed by atoms with van der Waals surface area (Å²) in [6.07, 6.45) is 4.21. The molecule has 6 nitrogen and oxygen atoms in total. The van der Waals surface area contributed by atoms with Gasteiger partial charge in [-0.3, -0.25) is 4.79 Å². The smallest absolute Gasteiger partial charge is 0.274 e. The highest BCUT2D eigenvalue weighted by Crippen LogP contribution is 2.32. The van der Waals surface area contributed by atoms with Gasteiger partial charge >= 0.3 is 0 Å². The summed E-state index contributed by atoms with van der Waals surface area (Å²) in [4.78, 5) is 19.1. The summed E-state index contributed by atoms with van der Waals surface area (Å²) in [5.41, 5.74) is 1.66. The predicted octanol–water partition coefficient (Wildman–Crippen LogP) is 3.36. The van der Waals surface area contributed by atoms with Crippen LogP contribution in [0, 0.1) is 6.92 Å². The van der Waals surface area contributed by atoms with Gasteiger partial charge in [0.15, 0.2) is 5.82 Å². The van der Waals surface area contributed by atoms with E-state index in [1.165, 1.54) is 17.9 Å². The van der Waals surface area contributed by atoms with Crippen LogP contribution in [0.5, 0.6) is 0 Å². The molecule has 1 amide bonds. The van der Waals surface area contributed by atoms with Gasteiger partial charge < -0.3 is 9.42 Å². The van der Waals surface area contributed by atoms with Crippen molar-refractivity contribution < 1.29 is 9.32 Å². The number of fused-ring (bicyclic) bond motifs is 1. The van der Waals surface area contributed by atoms with E-state index in [0.717, 1.165) is 34.9 Å². The third kappa shape index (κ3) is 2.50. The summed E-state index contributed by atoms with van der Waals surface area (Å²) in [7, 11) is 0. The van der Waals surface area contributed by atoms with Gasteiger partial charge in [-0.1, -0.05) is 16.8 Å². The molecule has 1 unspecified atom stereocenters. The molecule has 1 fully saturated rings. The van der Waals surface area contributed by atoms with Crippen molar-refractivity contribution in [3.05, 3.63) is 41.7 Å². The minimum Gasteiger partial charge on any atom is -0.343 e. The highest BCUT2D eigenvalue weighted by Gasteiger charge is 2.33. The Kier molecular flexibility index (Phi) is 3.57. The zero-order chi connectivity index (χ0) is 15.8. The molecule has 1 aromatic carbocycles. The fourth-order valence-electron chi connectivity index (χ4n) is 3.11. The monoisotopic (exact) mass is 328 g/mol. The Bertz CT molecular complexity index is 843. The highest BCUT2D eigenvalue weighted by molar-refractivity contribution is 7.13. The number of likely N-dealkylation sites (tertiary alicyclic amines) is 1. The highest BCUT2D eigenvalue weighted by atomic mass is 32.1. The molecule has 1 saturated heterocycles. The quantitative estimate of drug-likeness (QED) is 0.721. The molecule has 0 bridgehead atoms. The Hall–Kier alpha value is -2.28. The first kappa shape index (κ1) is 14.3. The van der Waals surface area contributed by atoms with E-state index in [4.69, 9.17) is 4.52 Å². The number of carbonyl (C=O) groups is 1. The molecule has 3 heterocycles. The van der Waals surface area contributed by atoms with Gasteiger partial charge in [0.25, 0.3) is 5.91 Å². The lowest BCUT2D eigenvalue weighted by molar-refractivity contribution is 0.0594. The molecule has 7 heteroatoms. The topological polar surface area (TPSA) is 72.1 Å². The van der Waals surface area contributed by atoms with Crippen LogP contribution in [0.3, 0.4) is 0 Å². The number of aryl methyl sites for hydroxylation is 1. The Labute approximate surface area is 137 Å². The number of benzene rings is 1. The van der Waals surface area contributed by atoms with E-state index in [9.17, 15) is 4.79 Å². The van der Waals surface area contributed by atoms with E-state index < -0.39 is 0 Å². The number of amides is 1. The van der Waals surface area contributed by atoms with Gasteiger partial charge in [0, 0.05) is 11.9 Å². The molecule has 0 spiro atoms. The first-order valence-electron chi connectivity index (χ1n) is 7.67. The van der Waals surface area contributed by atoms with Gasteiger partial charge in [0.1, 0.15) is 5.69 Å². The Morgan fingerprint density at radius 2 is 2.30 bits per heavy atom. The number of rotatable bonds is 2. The molecule has 0 N–H and O–H groups in total. The summed E-state index contributed by atoms with van der Waals surface area (Å²) in [6, 6.07) is 5.96. The SMILES string of the molecule is Cc1ccc2snc(C(=O)N3CCCCC3c3ncon3)c2c1. The lowest BCUT2D eigenvalue weighted by atomic mass is 10.0. The fraction of sp³-hybridized carbons (Fsp3) is 0.375. The molecular formula is C16H16N4O2S. The van der Waals surface area contributed by atoms with Crippen molar-refractivity contribution in [3.8, 4) is 0 Å². The van der Waals surface area contributed by atoms with Crippen molar-refractivity contribution in [2.75, 3.05) is 6.54 Å². The van der Waals surface area contributed by atoms with E-state index in [0.29, 0.717) is 18.1 Å². The van der Waals surface area contributed by atoms with Crippen LogP contribution >= 0.6 is 11.5 Å². The van der Waals surface area contributed by atoms with E-state index in [1.807, 2.05) is 30.0 Å². The molecule has 3 aromatic rings. The largest absolute Gasteiger partial charge is 0.343 e. The molecule has 0 aliphatic carbocycles. The average molecular weight is 328 g/mol. The summed E-state index contributed by atoms with van der Waals surface area (Å²) in [5, 5.41) is 4.86. The number of aromatic nitrogens is 3. The number of hydrogen-bond acceptors (Lipinski definition) is 6. The Balaban J connectivity index is 1.72. The molecule has 118 valence electrons. The van der Waals surface area contributed by atoms with Crippen LogP contribution < -0.4 is 0 Å². The minimum absolute atomic E-state index is 0.0450. The maximum absolute atomic E-state index is 13.1. The molecule has 1 aliphatic rings. The predicted molar refractivity (Wildman–Crippen MR) is 86.3 cm³/mol. The number of piperidine rings is 1. The van der Waals surface area contributed by atoms with Crippen molar-refractivity contribution >= 4 is 27.5 Å². The average Bonchev–Trinajstić information content (AvgIpc) is 3.23. The maximum Gasteiger partial charge on any atom is 0.274 e. The normalized spacial score (nSPS) is 18.5. The van der Waals surface area contributed by atoms with E-state index >= 15 is 0 Å². The van der Waals surface area contributed by atoms with E-state index in [2.05, 4.69) is 14.5 Å². The molecule has 0 radical (unpaired) electrons. The minimum atomic E-state index is -0.128. The van der Waals surface area contributed by atoms with Crippen LogP contribution in [0.25, 0.3) is 10.1 Å². The lowest BCUT2D eigenvalue weighted by Gasteiger charge is -2.33. The molecule has 1 atom stereocenters. The van der Waals surface area contributed by atoms with Crippen LogP contribution in [0.4, 0.5) is 0 Å². The summed E-state index contributed by atoms with van der Waals surface area (Å²) < 4.78 is 10.3. The zero-order valence-corrected chi connectivity index (χ0v) is 13.5. The molecule has 23 heavy (non-hydrogen) atoms. The van der Waals surface area contributed by atoms with Crippen molar-refractivity contribution in [1.29, 1.82) is 0 Å². The molecule has 4 rings (SSSR count). The Morgan fingerprint density at radius 3 is 3.13 bits per heavy atom. The van der Waals surface area contributed by atoms with Gasteiger partial charge in [-0.25, -0.2) is 0 Å². The molecule has 0 saturated carbocycles. The molecular weight excluding hydrogens is 312 g/mol. The van der Waals surface area contributed by atoms with Gasteiger partial charge in [0.2, 0.25) is 6.39 Å². The Morgan fingerprint density at radius 1 is 1.39 bits per heavy atom. The van der Waals surface area contributed by atoms with Crippen LogP contribution in [-0.4, -0.2) is 31.9 Å². The van der Waals surface area contributed by atoms with Crippen molar-refractivity contribution in [2.24, 2.45) is 0 Å². The maximum atomic E-state index is 13.1. The van der Waals surface area contributed by atoms with Crippen LogP contribution in [0.15, 0.2) is 29.1 Å². The fourth-order valence-corrected chi connectivity index (χ4v) is 3.86. The second-order valence-electron chi connectivity index (χ2n) is 5.83. The molecule has 1 aliphatic heterocycles. The number of nitrogens with zero attached hydrogens (tertiary/aromatic N) is 4. The van der Waals surface area contributed by atoms with Crippen LogP contribution in [0.1, 0.15) is 47.2 Å².